The SMILES string of the molecule is Nc1nc(-c2cccc3ccccc23)ncc1C(=O)O. The Balaban J connectivity index is 2.21. The van der Waals surface area contributed by atoms with Crippen LogP contribution in [-0.2, 0) is 0 Å². The van der Waals surface area contributed by atoms with Gasteiger partial charge in [0.2, 0.25) is 0 Å². The number of nitrogens with zero attached hydrogens (tertiary/aromatic N) is 2. The number of carboxylic acid groups (broad SMARTS) is 1. The highest BCUT2D eigenvalue weighted by molar-refractivity contribution is 5.96. The number of nitrogens with two attached hydrogens (primary N) is 1. The molecule has 0 unspecified atom stereocenters. The van der Waals surface area contributed by atoms with Crippen molar-refractivity contribution < 1.29 is 9.90 Å². The van der Waals surface area contributed by atoms with E-state index < -0.39 is 5.97 Å². The number of carbonyl (C=O) groups is 1. The predicted molar refractivity (Wildman–Crippen MR) is 76.3 cm³/mol. The number of rotatable bonds is 2. The Bertz CT molecular complexity index is 810. The summed E-state index contributed by atoms with van der Waals surface area (Å²) in [6.07, 6.45) is 1.24. The van der Waals surface area contributed by atoms with Gasteiger partial charge in [-0.15, -0.1) is 0 Å². The lowest BCUT2D eigenvalue weighted by Crippen LogP contribution is -2.06. The van der Waals surface area contributed by atoms with E-state index in [4.69, 9.17) is 10.8 Å². The van der Waals surface area contributed by atoms with Crippen molar-refractivity contribution in [3.8, 4) is 11.4 Å². The number of aromatic nitrogens is 2. The fraction of sp³-hybridized carbons (Fsp3) is 0. The molecule has 0 saturated carbocycles. The van der Waals surface area contributed by atoms with Gasteiger partial charge in [-0.3, -0.25) is 0 Å². The molecule has 0 aliphatic heterocycles. The first-order valence-corrected chi connectivity index (χ1v) is 6.01. The molecule has 1 aromatic heterocycles. The Morgan fingerprint density at radius 2 is 1.85 bits per heavy atom. The summed E-state index contributed by atoms with van der Waals surface area (Å²) in [4.78, 5) is 19.1. The van der Waals surface area contributed by atoms with E-state index in [9.17, 15) is 4.79 Å². The van der Waals surface area contributed by atoms with Gasteiger partial charge in [-0.1, -0.05) is 42.5 Å². The van der Waals surface area contributed by atoms with Crippen molar-refractivity contribution in [1.29, 1.82) is 0 Å². The minimum Gasteiger partial charge on any atom is -0.477 e. The van der Waals surface area contributed by atoms with Crippen molar-refractivity contribution in [2.24, 2.45) is 0 Å². The molecular formula is C15H11N3O2. The van der Waals surface area contributed by atoms with E-state index in [2.05, 4.69) is 9.97 Å². The molecule has 0 bridgehead atoms. The fourth-order valence-electron chi connectivity index (χ4n) is 2.11. The molecule has 5 heteroatoms. The van der Waals surface area contributed by atoms with Gasteiger partial charge in [0, 0.05) is 11.8 Å². The lowest BCUT2D eigenvalue weighted by atomic mass is 10.0. The normalized spacial score (nSPS) is 10.6. The monoisotopic (exact) mass is 265 g/mol. The summed E-state index contributed by atoms with van der Waals surface area (Å²) in [6, 6.07) is 13.6. The molecule has 3 aromatic rings. The molecule has 0 aliphatic rings. The lowest BCUT2D eigenvalue weighted by molar-refractivity contribution is 0.0697. The van der Waals surface area contributed by atoms with Gasteiger partial charge in [-0.05, 0) is 10.8 Å². The zero-order valence-electron chi connectivity index (χ0n) is 10.4. The molecule has 20 heavy (non-hydrogen) atoms. The molecule has 0 radical (unpaired) electrons. The Morgan fingerprint density at radius 1 is 1.10 bits per heavy atom. The fourth-order valence-corrected chi connectivity index (χ4v) is 2.11. The number of carboxylic acids is 1. The van der Waals surface area contributed by atoms with Crippen LogP contribution in [0.4, 0.5) is 5.82 Å². The summed E-state index contributed by atoms with van der Waals surface area (Å²) >= 11 is 0. The number of benzene rings is 2. The zero-order chi connectivity index (χ0) is 14.1. The number of nitrogen functional groups attached to an aromatic ring is 1. The van der Waals surface area contributed by atoms with Crippen molar-refractivity contribution >= 4 is 22.6 Å². The molecule has 1 heterocycles. The standard InChI is InChI=1S/C15H11N3O2/c16-13-12(15(19)20)8-17-14(18-13)11-7-3-5-9-4-1-2-6-10(9)11/h1-8H,(H,19,20)(H2,16,17,18). The third kappa shape index (κ3) is 1.95. The largest absolute Gasteiger partial charge is 0.477 e. The first-order chi connectivity index (χ1) is 9.66. The summed E-state index contributed by atoms with van der Waals surface area (Å²) in [5, 5.41) is 11.0. The van der Waals surface area contributed by atoms with E-state index in [0.29, 0.717) is 5.82 Å². The number of aromatic carboxylic acids is 1. The Morgan fingerprint density at radius 3 is 2.60 bits per heavy atom. The Labute approximate surface area is 114 Å². The molecule has 5 nitrogen and oxygen atoms in total. The van der Waals surface area contributed by atoms with Crippen molar-refractivity contribution in [2.45, 2.75) is 0 Å². The third-order valence-corrected chi connectivity index (χ3v) is 3.08. The summed E-state index contributed by atoms with van der Waals surface area (Å²) in [7, 11) is 0. The average Bonchev–Trinajstić information content (AvgIpc) is 2.46. The van der Waals surface area contributed by atoms with Gasteiger partial charge in [-0.25, -0.2) is 14.8 Å². The predicted octanol–water partition coefficient (Wildman–Crippen LogP) is 2.58. The summed E-state index contributed by atoms with van der Waals surface area (Å²) < 4.78 is 0. The molecule has 0 saturated heterocycles. The van der Waals surface area contributed by atoms with Crippen LogP contribution in [0.25, 0.3) is 22.2 Å². The minimum atomic E-state index is -1.13. The first-order valence-electron chi connectivity index (χ1n) is 6.01. The topological polar surface area (TPSA) is 89.1 Å². The van der Waals surface area contributed by atoms with Gasteiger partial charge in [0.25, 0.3) is 0 Å². The van der Waals surface area contributed by atoms with Gasteiger partial charge < -0.3 is 10.8 Å². The van der Waals surface area contributed by atoms with Crippen LogP contribution in [0, 0.1) is 0 Å². The van der Waals surface area contributed by atoms with Crippen LogP contribution in [0.3, 0.4) is 0 Å². The summed E-state index contributed by atoms with van der Waals surface area (Å²) in [6.45, 7) is 0. The number of hydrogen-bond donors (Lipinski definition) is 2. The van der Waals surface area contributed by atoms with Crippen LogP contribution in [0.2, 0.25) is 0 Å². The molecule has 0 amide bonds. The summed E-state index contributed by atoms with van der Waals surface area (Å²) in [5.74, 6) is -0.744. The number of fused-ring (bicyclic) bond motifs is 1. The first kappa shape index (κ1) is 12.1. The lowest BCUT2D eigenvalue weighted by Gasteiger charge is -2.07. The molecule has 0 aliphatic carbocycles. The van der Waals surface area contributed by atoms with Crippen LogP contribution >= 0.6 is 0 Å². The maximum atomic E-state index is 10.9. The van der Waals surface area contributed by atoms with Crippen LogP contribution in [0.5, 0.6) is 0 Å². The van der Waals surface area contributed by atoms with Crippen LogP contribution in [0.1, 0.15) is 10.4 Å². The van der Waals surface area contributed by atoms with E-state index in [0.717, 1.165) is 16.3 Å². The van der Waals surface area contributed by atoms with E-state index >= 15 is 0 Å². The van der Waals surface area contributed by atoms with Crippen LogP contribution < -0.4 is 5.73 Å². The van der Waals surface area contributed by atoms with Crippen LogP contribution in [-0.4, -0.2) is 21.0 Å². The van der Waals surface area contributed by atoms with Gasteiger partial charge in [0.15, 0.2) is 5.82 Å². The van der Waals surface area contributed by atoms with E-state index in [-0.39, 0.29) is 11.4 Å². The Kier molecular flexibility index (Phi) is 2.80. The maximum Gasteiger partial charge on any atom is 0.341 e. The molecule has 0 fully saturated rings. The van der Waals surface area contributed by atoms with E-state index in [1.165, 1.54) is 6.20 Å². The smallest absolute Gasteiger partial charge is 0.341 e. The second-order valence-electron chi connectivity index (χ2n) is 4.32. The van der Waals surface area contributed by atoms with E-state index in [1.807, 2.05) is 42.5 Å². The van der Waals surface area contributed by atoms with Gasteiger partial charge in [0.05, 0.1) is 0 Å². The molecule has 0 atom stereocenters. The molecule has 0 spiro atoms. The van der Waals surface area contributed by atoms with E-state index in [1.54, 1.807) is 0 Å². The van der Waals surface area contributed by atoms with Gasteiger partial charge in [-0.2, -0.15) is 0 Å². The molecule has 98 valence electrons. The zero-order valence-corrected chi connectivity index (χ0v) is 10.4. The molecule has 2 aromatic carbocycles. The van der Waals surface area contributed by atoms with Gasteiger partial charge >= 0.3 is 5.97 Å². The summed E-state index contributed by atoms with van der Waals surface area (Å²) in [5.41, 5.74) is 6.41. The third-order valence-electron chi connectivity index (χ3n) is 3.08. The highest BCUT2D eigenvalue weighted by Crippen LogP contribution is 2.26. The number of anilines is 1. The average molecular weight is 265 g/mol. The Hall–Kier alpha value is -2.95. The number of hydrogen-bond acceptors (Lipinski definition) is 4. The maximum absolute atomic E-state index is 10.9. The second-order valence-corrected chi connectivity index (χ2v) is 4.32. The van der Waals surface area contributed by atoms with Crippen molar-refractivity contribution in [1.82, 2.24) is 9.97 Å². The van der Waals surface area contributed by atoms with Crippen molar-refractivity contribution in [3.05, 3.63) is 54.2 Å². The highest BCUT2D eigenvalue weighted by Gasteiger charge is 2.13. The van der Waals surface area contributed by atoms with Crippen molar-refractivity contribution in [2.75, 3.05) is 5.73 Å². The quantitative estimate of drug-likeness (QED) is 0.743. The van der Waals surface area contributed by atoms with Crippen molar-refractivity contribution in [3.63, 3.8) is 0 Å². The second kappa shape index (κ2) is 4.62. The van der Waals surface area contributed by atoms with Crippen LogP contribution in [0.15, 0.2) is 48.7 Å². The molecule has 3 rings (SSSR count). The van der Waals surface area contributed by atoms with Gasteiger partial charge in [0.1, 0.15) is 11.4 Å². The minimum absolute atomic E-state index is 0.0320. The highest BCUT2D eigenvalue weighted by atomic mass is 16.4. The molecule has 3 N–H and O–H groups in total. The molecular weight excluding hydrogens is 254 g/mol.